The molecule has 22 heavy (non-hydrogen) atoms. The van der Waals surface area contributed by atoms with Gasteiger partial charge in [0.2, 0.25) is 0 Å². The summed E-state index contributed by atoms with van der Waals surface area (Å²) in [5, 5.41) is 4.48. The van der Waals surface area contributed by atoms with Crippen molar-refractivity contribution in [2.24, 2.45) is 0 Å². The molecule has 0 atom stereocenters. The predicted molar refractivity (Wildman–Crippen MR) is 86.5 cm³/mol. The predicted octanol–water partition coefficient (Wildman–Crippen LogP) is 2.53. The fourth-order valence-electron chi connectivity index (χ4n) is 2.19. The van der Waals surface area contributed by atoms with Gasteiger partial charge in [-0.2, -0.15) is 5.10 Å². The first-order valence-electron chi connectivity index (χ1n) is 6.66. The van der Waals surface area contributed by atoms with Crippen molar-refractivity contribution in [2.75, 3.05) is 12.0 Å². The molecule has 5 nitrogen and oxygen atoms in total. The maximum atomic E-state index is 11.5. The number of hydrogen-bond acceptors (Lipinski definition) is 4. The molecule has 0 saturated carbocycles. The lowest BCUT2D eigenvalue weighted by Gasteiger charge is -2.05. The lowest BCUT2D eigenvalue weighted by atomic mass is 10.2. The maximum Gasteiger partial charge on any atom is 0.175 e. The first-order valence-corrected chi connectivity index (χ1v) is 8.56. The zero-order valence-corrected chi connectivity index (χ0v) is 12.8. The Morgan fingerprint density at radius 2 is 1.64 bits per heavy atom. The Labute approximate surface area is 128 Å². The van der Waals surface area contributed by atoms with E-state index < -0.39 is 9.84 Å². The summed E-state index contributed by atoms with van der Waals surface area (Å²) in [5.41, 5.74) is 8.47. The number of nitrogen functional groups attached to an aromatic ring is 1. The molecule has 1 heterocycles. The first-order chi connectivity index (χ1) is 10.4. The molecule has 0 aliphatic carbocycles. The third kappa shape index (κ3) is 2.73. The molecule has 3 aromatic rings. The highest BCUT2D eigenvalue weighted by atomic mass is 32.2. The molecule has 2 N–H and O–H groups in total. The highest BCUT2D eigenvalue weighted by Gasteiger charge is 2.10. The van der Waals surface area contributed by atoms with Crippen molar-refractivity contribution in [3.05, 3.63) is 60.7 Å². The van der Waals surface area contributed by atoms with E-state index in [9.17, 15) is 8.42 Å². The molecule has 0 radical (unpaired) electrons. The SMILES string of the molecule is CS(=O)(=O)c1ccc(-n2nc(-c3ccccc3)cc2N)cc1. The summed E-state index contributed by atoms with van der Waals surface area (Å²) >= 11 is 0. The number of sulfone groups is 1. The van der Waals surface area contributed by atoms with E-state index in [0.717, 1.165) is 11.3 Å². The highest BCUT2D eigenvalue weighted by Crippen LogP contribution is 2.23. The summed E-state index contributed by atoms with van der Waals surface area (Å²) in [6.45, 7) is 0. The molecule has 0 saturated heterocycles. The lowest BCUT2D eigenvalue weighted by Crippen LogP contribution is -2.03. The second kappa shape index (κ2) is 5.31. The van der Waals surface area contributed by atoms with Crippen molar-refractivity contribution in [1.82, 2.24) is 9.78 Å². The van der Waals surface area contributed by atoms with Gasteiger partial charge in [-0.25, -0.2) is 13.1 Å². The number of benzene rings is 2. The van der Waals surface area contributed by atoms with Crippen molar-refractivity contribution in [3.63, 3.8) is 0 Å². The van der Waals surface area contributed by atoms with E-state index in [1.54, 1.807) is 35.0 Å². The van der Waals surface area contributed by atoms with Crippen LogP contribution in [0, 0.1) is 0 Å². The average Bonchev–Trinajstić information content (AvgIpc) is 2.89. The monoisotopic (exact) mass is 313 g/mol. The van der Waals surface area contributed by atoms with Gasteiger partial charge in [0.25, 0.3) is 0 Å². The third-order valence-electron chi connectivity index (χ3n) is 3.32. The van der Waals surface area contributed by atoms with Gasteiger partial charge in [0.1, 0.15) is 5.82 Å². The van der Waals surface area contributed by atoms with Crippen LogP contribution in [0.3, 0.4) is 0 Å². The summed E-state index contributed by atoms with van der Waals surface area (Å²) in [7, 11) is -3.21. The van der Waals surface area contributed by atoms with E-state index in [-0.39, 0.29) is 4.90 Å². The van der Waals surface area contributed by atoms with Gasteiger partial charge in [-0.3, -0.25) is 0 Å². The topological polar surface area (TPSA) is 78.0 Å². The number of aromatic nitrogens is 2. The summed E-state index contributed by atoms with van der Waals surface area (Å²) in [6, 6.07) is 18.0. The van der Waals surface area contributed by atoms with E-state index in [4.69, 9.17) is 5.73 Å². The minimum Gasteiger partial charge on any atom is -0.384 e. The van der Waals surface area contributed by atoms with Crippen LogP contribution in [-0.4, -0.2) is 24.5 Å². The zero-order chi connectivity index (χ0) is 15.7. The van der Waals surface area contributed by atoms with Gasteiger partial charge in [-0.15, -0.1) is 0 Å². The number of nitrogens with zero attached hydrogens (tertiary/aromatic N) is 2. The van der Waals surface area contributed by atoms with Gasteiger partial charge in [-0.1, -0.05) is 30.3 Å². The largest absolute Gasteiger partial charge is 0.384 e. The van der Waals surface area contributed by atoms with E-state index in [1.165, 1.54) is 6.26 Å². The van der Waals surface area contributed by atoms with Crippen molar-refractivity contribution in [1.29, 1.82) is 0 Å². The molecule has 2 aromatic carbocycles. The Morgan fingerprint density at radius 3 is 2.23 bits per heavy atom. The van der Waals surface area contributed by atoms with Crippen LogP contribution in [0.4, 0.5) is 5.82 Å². The molecule has 1 aromatic heterocycles. The molecule has 0 amide bonds. The molecule has 0 aliphatic heterocycles. The minimum atomic E-state index is -3.21. The molecule has 0 aliphatic rings. The van der Waals surface area contributed by atoms with Crippen LogP contribution in [0.5, 0.6) is 0 Å². The summed E-state index contributed by atoms with van der Waals surface area (Å²) in [5.74, 6) is 0.492. The standard InChI is InChI=1S/C16H15N3O2S/c1-22(20,21)14-9-7-13(8-10-14)19-16(17)11-15(18-19)12-5-3-2-4-6-12/h2-11H,17H2,1H3. The zero-order valence-electron chi connectivity index (χ0n) is 12.0. The number of rotatable bonds is 3. The van der Waals surface area contributed by atoms with Gasteiger partial charge in [0.05, 0.1) is 16.3 Å². The molecule has 0 spiro atoms. The Morgan fingerprint density at radius 1 is 1.00 bits per heavy atom. The lowest BCUT2D eigenvalue weighted by molar-refractivity contribution is 0.602. The van der Waals surface area contributed by atoms with Gasteiger partial charge in [-0.05, 0) is 24.3 Å². The second-order valence-electron chi connectivity index (χ2n) is 5.00. The van der Waals surface area contributed by atoms with Gasteiger partial charge >= 0.3 is 0 Å². The van der Waals surface area contributed by atoms with Gasteiger partial charge in [0, 0.05) is 17.9 Å². The fourth-order valence-corrected chi connectivity index (χ4v) is 2.82. The molecule has 0 fully saturated rings. The first kappa shape index (κ1) is 14.3. The van der Waals surface area contributed by atoms with Crippen molar-refractivity contribution >= 4 is 15.7 Å². The smallest absolute Gasteiger partial charge is 0.175 e. The minimum absolute atomic E-state index is 0.269. The van der Waals surface area contributed by atoms with Crippen LogP contribution < -0.4 is 5.73 Å². The van der Waals surface area contributed by atoms with E-state index in [1.807, 2.05) is 30.3 Å². The molecule has 0 bridgehead atoms. The van der Waals surface area contributed by atoms with Crippen LogP contribution in [0.15, 0.2) is 65.6 Å². The Kier molecular flexibility index (Phi) is 3.46. The van der Waals surface area contributed by atoms with Gasteiger partial charge in [0.15, 0.2) is 9.84 Å². The summed E-state index contributed by atoms with van der Waals surface area (Å²) < 4.78 is 24.6. The summed E-state index contributed by atoms with van der Waals surface area (Å²) in [4.78, 5) is 0.269. The molecule has 3 rings (SSSR count). The van der Waals surface area contributed by atoms with E-state index in [0.29, 0.717) is 11.5 Å². The number of nitrogens with two attached hydrogens (primary N) is 1. The van der Waals surface area contributed by atoms with Crippen molar-refractivity contribution in [2.45, 2.75) is 4.90 Å². The molecule has 0 unspecified atom stereocenters. The number of hydrogen-bond donors (Lipinski definition) is 1. The molecule has 112 valence electrons. The third-order valence-corrected chi connectivity index (χ3v) is 4.44. The average molecular weight is 313 g/mol. The van der Waals surface area contributed by atoms with Crippen LogP contribution >= 0.6 is 0 Å². The quantitative estimate of drug-likeness (QED) is 0.806. The van der Waals surface area contributed by atoms with Crippen LogP contribution in [0.1, 0.15) is 0 Å². The maximum absolute atomic E-state index is 11.5. The second-order valence-corrected chi connectivity index (χ2v) is 7.01. The van der Waals surface area contributed by atoms with Gasteiger partial charge < -0.3 is 5.73 Å². The molecular weight excluding hydrogens is 298 g/mol. The van der Waals surface area contributed by atoms with Crippen LogP contribution in [-0.2, 0) is 9.84 Å². The van der Waals surface area contributed by atoms with Crippen LogP contribution in [0.2, 0.25) is 0 Å². The summed E-state index contributed by atoms with van der Waals surface area (Å²) in [6.07, 6.45) is 1.18. The molecule has 6 heteroatoms. The Balaban J connectivity index is 2.01. The fraction of sp³-hybridized carbons (Fsp3) is 0.0625. The highest BCUT2D eigenvalue weighted by molar-refractivity contribution is 7.90. The van der Waals surface area contributed by atoms with Crippen molar-refractivity contribution in [3.8, 4) is 16.9 Å². The van der Waals surface area contributed by atoms with Crippen LogP contribution in [0.25, 0.3) is 16.9 Å². The van der Waals surface area contributed by atoms with Crippen molar-refractivity contribution < 1.29 is 8.42 Å². The Hall–Kier alpha value is -2.60. The molecular formula is C16H15N3O2S. The Bertz CT molecular complexity index is 898. The van der Waals surface area contributed by atoms with E-state index >= 15 is 0 Å². The number of anilines is 1. The van der Waals surface area contributed by atoms with E-state index in [2.05, 4.69) is 5.10 Å². The normalized spacial score (nSPS) is 11.5.